The summed E-state index contributed by atoms with van der Waals surface area (Å²) in [5, 5.41) is 10.9. The highest BCUT2D eigenvalue weighted by Crippen LogP contribution is 2.28. The van der Waals surface area contributed by atoms with Crippen LogP contribution in [0.5, 0.6) is 0 Å². The van der Waals surface area contributed by atoms with Gasteiger partial charge in [-0.1, -0.05) is 13.8 Å². The summed E-state index contributed by atoms with van der Waals surface area (Å²) in [6.07, 6.45) is 1.94. The van der Waals surface area contributed by atoms with Gasteiger partial charge in [0.2, 0.25) is 0 Å². The van der Waals surface area contributed by atoms with Gasteiger partial charge < -0.3 is 4.90 Å². The van der Waals surface area contributed by atoms with Crippen LogP contribution in [0.15, 0.2) is 23.1 Å². The minimum absolute atomic E-state index is 0.239. The van der Waals surface area contributed by atoms with Gasteiger partial charge in [-0.25, -0.2) is 8.42 Å². The Morgan fingerprint density at radius 3 is 2.40 bits per heavy atom. The van der Waals surface area contributed by atoms with E-state index in [0.717, 1.165) is 19.2 Å². The molecule has 0 amide bonds. The van der Waals surface area contributed by atoms with Gasteiger partial charge in [0.25, 0.3) is 5.69 Å². The van der Waals surface area contributed by atoms with Crippen LogP contribution in [0.4, 0.5) is 11.4 Å². The number of sulfone groups is 1. The second kappa shape index (κ2) is 6.21. The molecule has 1 rings (SSSR count). The molecule has 1 aromatic rings. The first-order valence-electron chi connectivity index (χ1n) is 6.32. The predicted octanol–water partition coefficient (Wildman–Crippen LogP) is 2.48. The van der Waals surface area contributed by atoms with Crippen LogP contribution >= 0.6 is 0 Å². The minimum atomic E-state index is -3.63. The number of benzene rings is 1. The Hall–Kier alpha value is -1.63. The third kappa shape index (κ3) is 4.19. The van der Waals surface area contributed by atoms with Crippen LogP contribution < -0.4 is 4.90 Å². The fraction of sp³-hybridized carbons (Fsp3) is 0.538. The summed E-state index contributed by atoms with van der Waals surface area (Å²) in [6.45, 7) is 4.97. The monoisotopic (exact) mass is 300 g/mol. The summed E-state index contributed by atoms with van der Waals surface area (Å²) >= 11 is 0. The van der Waals surface area contributed by atoms with Crippen molar-refractivity contribution in [2.24, 2.45) is 5.92 Å². The Labute approximate surface area is 119 Å². The molecule has 0 radical (unpaired) electrons. The fourth-order valence-corrected chi connectivity index (χ4v) is 2.63. The summed E-state index contributed by atoms with van der Waals surface area (Å²) in [7, 11) is -1.79. The van der Waals surface area contributed by atoms with E-state index in [1.165, 1.54) is 12.1 Å². The molecule has 7 heteroatoms. The van der Waals surface area contributed by atoms with Crippen LogP contribution in [0.1, 0.15) is 20.3 Å². The van der Waals surface area contributed by atoms with E-state index in [0.29, 0.717) is 11.6 Å². The summed E-state index contributed by atoms with van der Waals surface area (Å²) in [5.74, 6) is 0.532. The van der Waals surface area contributed by atoms with Crippen molar-refractivity contribution < 1.29 is 13.3 Å². The van der Waals surface area contributed by atoms with E-state index < -0.39 is 14.8 Å². The molecule has 1 aromatic carbocycles. The van der Waals surface area contributed by atoms with Crippen molar-refractivity contribution in [2.45, 2.75) is 25.2 Å². The maximum atomic E-state index is 11.7. The third-order valence-corrected chi connectivity index (χ3v) is 4.15. The lowest BCUT2D eigenvalue weighted by molar-refractivity contribution is -0.387. The van der Waals surface area contributed by atoms with Crippen molar-refractivity contribution in [1.82, 2.24) is 0 Å². The number of hydrogen-bond donors (Lipinski definition) is 0. The molecule has 20 heavy (non-hydrogen) atoms. The first-order valence-corrected chi connectivity index (χ1v) is 8.21. The largest absolute Gasteiger partial charge is 0.375 e. The summed E-state index contributed by atoms with van der Waals surface area (Å²) in [5.41, 5.74) is 0.283. The van der Waals surface area contributed by atoms with Crippen molar-refractivity contribution in [3.05, 3.63) is 28.3 Å². The van der Waals surface area contributed by atoms with Crippen LogP contribution in [0.2, 0.25) is 0 Å². The number of hydrogen-bond acceptors (Lipinski definition) is 5. The minimum Gasteiger partial charge on any atom is -0.375 e. The third-order valence-electron chi connectivity index (χ3n) is 3.02. The predicted molar refractivity (Wildman–Crippen MR) is 78.9 cm³/mol. The summed E-state index contributed by atoms with van der Waals surface area (Å²) in [6, 6.07) is 4.19. The number of anilines is 1. The fourth-order valence-electron chi connectivity index (χ4n) is 1.77. The maximum Gasteiger partial charge on any atom is 0.288 e. The van der Waals surface area contributed by atoms with Gasteiger partial charge in [0.1, 0.15) is 4.90 Å². The highest BCUT2D eigenvalue weighted by molar-refractivity contribution is 7.90. The SMILES string of the molecule is CC(C)CCN(C)c1ccc([N+](=O)[O-])c(S(C)(=O)=O)c1. The van der Waals surface area contributed by atoms with Crippen molar-refractivity contribution in [2.75, 3.05) is 24.7 Å². The first-order chi connectivity index (χ1) is 9.12. The molecule has 0 saturated heterocycles. The van der Waals surface area contributed by atoms with Gasteiger partial charge in [-0.05, 0) is 24.5 Å². The Balaban J connectivity index is 3.16. The van der Waals surface area contributed by atoms with E-state index in [2.05, 4.69) is 13.8 Å². The molecule has 0 aliphatic heterocycles. The molecule has 0 aromatic heterocycles. The molecule has 6 nitrogen and oxygen atoms in total. The quantitative estimate of drug-likeness (QED) is 0.595. The van der Waals surface area contributed by atoms with Crippen LogP contribution in [-0.2, 0) is 9.84 Å². The van der Waals surface area contributed by atoms with Crippen molar-refractivity contribution in [1.29, 1.82) is 0 Å². The zero-order chi connectivity index (χ0) is 15.5. The standard InChI is InChI=1S/C13H20N2O4S/c1-10(2)7-8-14(3)11-5-6-12(15(16)17)13(9-11)20(4,18)19/h5-6,9-10H,7-8H2,1-4H3. The van der Waals surface area contributed by atoms with E-state index in [1.807, 2.05) is 11.9 Å². The van der Waals surface area contributed by atoms with Crippen LogP contribution in [0.3, 0.4) is 0 Å². The van der Waals surface area contributed by atoms with E-state index >= 15 is 0 Å². The van der Waals surface area contributed by atoms with Crippen LogP contribution in [0.25, 0.3) is 0 Å². The molecular weight excluding hydrogens is 280 g/mol. The Morgan fingerprint density at radius 1 is 1.35 bits per heavy atom. The normalized spacial score (nSPS) is 11.7. The van der Waals surface area contributed by atoms with Gasteiger partial charge in [0, 0.05) is 31.6 Å². The van der Waals surface area contributed by atoms with Gasteiger partial charge >= 0.3 is 0 Å². The molecule has 0 saturated carbocycles. The van der Waals surface area contributed by atoms with Crippen molar-refractivity contribution >= 4 is 21.2 Å². The topological polar surface area (TPSA) is 80.5 Å². The Morgan fingerprint density at radius 2 is 1.95 bits per heavy atom. The lowest BCUT2D eigenvalue weighted by atomic mass is 10.1. The Kier molecular flexibility index (Phi) is 5.10. The van der Waals surface area contributed by atoms with Crippen LogP contribution in [0, 0.1) is 16.0 Å². The lowest BCUT2D eigenvalue weighted by Crippen LogP contribution is -2.20. The zero-order valence-electron chi connectivity index (χ0n) is 12.2. The molecule has 112 valence electrons. The zero-order valence-corrected chi connectivity index (χ0v) is 13.0. The highest BCUT2D eigenvalue weighted by atomic mass is 32.2. The highest BCUT2D eigenvalue weighted by Gasteiger charge is 2.23. The number of nitrogens with zero attached hydrogens (tertiary/aromatic N) is 2. The smallest absolute Gasteiger partial charge is 0.288 e. The van der Waals surface area contributed by atoms with E-state index in [1.54, 1.807) is 6.07 Å². The number of rotatable bonds is 6. The molecule has 0 bridgehead atoms. The first kappa shape index (κ1) is 16.4. The summed E-state index contributed by atoms with van der Waals surface area (Å²) in [4.78, 5) is 11.9. The molecule has 0 heterocycles. The second-order valence-corrected chi connectivity index (χ2v) is 7.27. The lowest BCUT2D eigenvalue weighted by Gasteiger charge is -2.20. The molecule has 0 N–H and O–H groups in total. The average Bonchev–Trinajstić information content (AvgIpc) is 2.33. The van der Waals surface area contributed by atoms with Crippen molar-refractivity contribution in [3.8, 4) is 0 Å². The molecule has 0 unspecified atom stereocenters. The van der Waals surface area contributed by atoms with E-state index in [4.69, 9.17) is 0 Å². The molecule has 0 atom stereocenters. The molecule has 0 spiro atoms. The Bertz CT molecular complexity index is 596. The van der Waals surface area contributed by atoms with Gasteiger partial charge in [-0.15, -0.1) is 0 Å². The van der Waals surface area contributed by atoms with E-state index in [-0.39, 0.29) is 10.6 Å². The van der Waals surface area contributed by atoms with Crippen molar-refractivity contribution in [3.63, 3.8) is 0 Å². The van der Waals surface area contributed by atoms with Gasteiger partial charge in [-0.2, -0.15) is 0 Å². The van der Waals surface area contributed by atoms with E-state index in [9.17, 15) is 18.5 Å². The number of nitro groups is 1. The van der Waals surface area contributed by atoms with Crippen LogP contribution in [-0.4, -0.2) is 33.2 Å². The number of nitro benzene ring substituents is 1. The maximum absolute atomic E-state index is 11.7. The average molecular weight is 300 g/mol. The molecule has 0 aliphatic carbocycles. The molecule has 0 fully saturated rings. The summed E-state index contributed by atoms with van der Waals surface area (Å²) < 4.78 is 23.4. The molecule has 0 aliphatic rings. The van der Waals surface area contributed by atoms with Gasteiger partial charge in [0.15, 0.2) is 9.84 Å². The molecular formula is C13H20N2O4S. The second-order valence-electron chi connectivity index (χ2n) is 5.29. The van der Waals surface area contributed by atoms with Gasteiger partial charge in [-0.3, -0.25) is 10.1 Å². The van der Waals surface area contributed by atoms with Gasteiger partial charge in [0.05, 0.1) is 4.92 Å².